The van der Waals surface area contributed by atoms with Gasteiger partial charge in [-0.05, 0) is 67.4 Å². The Bertz CT molecular complexity index is 3070. The maximum absolute atomic E-state index is 5.65. The van der Waals surface area contributed by atoms with Crippen LogP contribution in [0.3, 0.4) is 0 Å². The molecule has 0 atom stereocenters. The number of aromatic nitrogens is 3. The lowest BCUT2D eigenvalue weighted by atomic mass is 9.81. The van der Waals surface area contributed by atoms with E-state index in [9.17, 15) is 0 Å². The first-order valence-electron chi connectivity index (χ1n) is 17.3. The van der Waals surface area contributed by atoms with E-state index in [2.05, 4.69) is 170 Å². The van der Waals surface area contributed by atoms with E-state index in [1.165, 1.54) is 54.7 Å². The SMILES string of the molecule is CC1(C)c2ccccc2-c2ccc3c4cc5ccccc5cc4n(-c4nc5ccc6ccccc6c5nc4-c4cccc5ccccc45)c3c21. The molecule has 0 unspecified atom stereocenters. The molecule has 2 aromatic heterocycles. The molecule has 3 heteroatoms. The van der Waals surface area contributed by atoms with Crippen LogP contribution in [0.5, 0.6) is 0 Å². The van der Waals surface area contributed by atoms with Gasteiger partial charge in [0.25, 0.3) is 0 Å². The highest BCUT2D eigenvalue weighted by Gasteiger charge is 2.39. The molecule has 0 N–H and O–H groups in total. The number of fused-ring (bicyclic) bond motifs is 12. The highest BCUT2D eigenvalue weighted by atomic mass is 15.1. The van der Waals surface area contributed by atoms with Gasteiger partial charge in [-0.1, -0.05) is 147 Å². The zero-order valence-electron chi connectivity index (χ0n) is 27.8. The van der Waals surface area contributed by atoms with Crippen LogP contribution in [0.15, 0.2) is 152 Å². The molecule has 11 rings (SSSR count). The quantitative estimate of drug-likeness (QED) is 0.177. The number of hydrogen-bond donors (Lipinski definition) is 0. The van der Waals surface area contributed by atoms with Crippen LogP contribution in [-0.4, -0.2) is 14.5 Å². The van der Waals surface area contributed by atoms with Gasteiger partial charge >= 0.3 is 0 Å². The predicted octanol–water partition coefficient (Wildman–Crippen LogP) is 12.2. The lowest BCUT2D eigenvalue weighted by Crippen LogP contribution is -2.17. The molecule has 0 fully saturated rings. The normalized spacial score (nSPS) is 13.6. The second-order valence-electron chi connectivity index (χ2n) is 14.2. The summed E-state index contributed by atoms with van der Waals surface area (Å²) in [4.78, 5) is 11.3. The van der Waals surface area contributed by atoms with Crippen molar-refractivity contribution in [2.75, 3.05) is 0 Å². The lowest BCUT2D eigenvalue weighted by Gasteiger charge is -2.24. The number of rotatable bonds is 2. The molecule has 234 valence electrons. The number of hydrogen-bond acceptors (Lipinski definition) is 2. The molecular weight excluding hydrogens is 607 g/mol. The Kier molecular flexibility index (Phi) is 5.45. The molecular formula is C47H31N3. The first-order chi connectivity index (χ1) is 24.6. The van der Waals surface area contributed by atoms with Crippen molar-refractivity contribution >= 4 is 65.2 Å². The smallest absolute Gasteiger partial charge is 0.165 e. The van der Waals surface area contributed by atoms with E-state index in [1.807, 2.05) is 0 Å². The van der Waals surface area contributed by atoms with Crippen molar-refractivity contribution in [3.63, 3.8) is 0 Å². The van der Waals surface area contributed by atoms with Crippen LogP contribution >= 0.6 is 0 Å². The Morgan fingerprint density at radius 2 is 1.14 bits per heavy atom. The minimum Gasteiger partial charge on any atom is -0.292 e. The van der Waals surface area contributed by atoms with Crippen LogP contribution in [0.1, 0.15) is 25.0 Å². The van der Waals surface area contributed by atoms with Crippen molar-refractivity contribution in [2.45, 2.75) is 19.3 Å². The second-order valence-corrected chi connectivity index (χ2v) is 14.2. The number of nitrogens with zero attached hydrogens (tertiary/aromatic N) is 3. The fraction of sp³-hybridized carbons (Fsp3) is 0.0638. The van der Waals surface area contributed by atoms with Crippen molar-refractivity contribution in [3.8, 4) is 28.2 Å². The van der Waals surface area contributed by atoms with E-state index in [0.29, 0.717) is 0 Å². The Balaban J connectivity index is 1.38. The standard InChI is InChI=1S/C47H31N3/c1-47(2)39-21-10-9-19-34(39)35-23-24-37-38-26-30-14-3-4-15-31(30)27-41(38)50(45(37)42(35)47)46-44(36-20-11-16-28-12-5-7-17-32(28)36)49-43-33-18-8-6-13-29(33)22-25-40(43)48-46/h3-27H,1-2H3. The molecule has 10 aromatic rings. The van der Waals surface area contributed by atoms with E-state index in [-0.39, 0.29) is 5.41 Å². The van der Waals surface area contributed by atoms with Gasteiger partial charge in [-0.15, -0.1) is 0 Å². The topological polar surface area (TPSA) is 30.7 Å². The molecule has 0 spiro atoms. The zero-order chi connectivity index (χ0) is 33.1. The van der Waals surface area contributed by atoms with Gasteiger partial charge in [0.2, 0.25) is 0 Å². The van der Waals surface area contributed by atoms with Gasteiger partial charge in [0, 0.05) is 27.1 Å². The first-order valence-corrected chi connectivity index (χ1v) is 17.3. The van der Waals surface area contributed by atoms with Crippen LogP contribution in [0.4, 0.5) is 0 Å². The molecule has 0 aliphatic heterocycles. The lowest BCUT2D eigenvalue weighted by molar-refractivity contribution is 0.663. The van der Waals surface area contributed by atoms with Gasteiger partial charge in [0.05, 0.1) is 22.1 Å². The van der Waals surface area contributed by atoms with Crippen molar-refractivity contribution < 1.29 is 0 Å². The summed E-state index contributed by atoms with van der Waals surface area (Å²) >= 11 is 0. The summed E-state index contributed by atoms with van der Waals surface area (Å²) < 4.78 is 2.45. The molecule has 50 heavy (non-hydrogen) atoms. The molecule has 1 aliphatic rings. The largest absolute Gasteiger partial charge is 0.292 e. The van der Waals surface area contributed by atoms with Gasteiger partial charge < -0.3 is 0 Å². The molecule has 0 saturated heterocycles. The molecule has 1 aliphatic carbocycles. The molecule has 0 radical (unpaired) electrons. The summed E-state index contributed by atoms with van der Waals surface area (Å²) in [6.07, 6.45) is 0. The molecule has 0 amide bonds. The third-order valence-electron chi connectivity index (χ3n) is 11.1. The minimum atomic E-state index is -0.225. The Morgan fingerprint density at radius 3 is 1.98 bits per heavy atom. The van der Waals surface area contributed by atoms with Gasteiger partial charge in [0.15, 0.2) is 5.82 Å². The number of benzene rings is 8. The Morgan fingerprint density at radius 1 is 0.480 bits per heavy atom. The summed E-state index contributed by atoms with van der Waals surface area (Å²) in [6, 6.07) is 54.9. The van der Waals surface area contributed by atoms with Crippen molar-refractivity contribution in [1.29, 1.82) is 0 Å². The van der Waals surface area contributed by atoms with E-state index < -0.39 is 0 Å². The van der Waals surface area contributed by atoms with Gasteiger partial charge in [0.1, 0.15) is 5.69 Å². The van der Waals surface area contributed by atoms with Crippen molar-refractivity contribution in [1.82, 2.24) is 14.5 Å². The maximum atomic E-state index is 5.65. The third kappa shape index (κ3) is 3.64. The van der Waals surface area contributed by atoms with Crippen molar-refractivity contribution in [2.24, 2.45) is 0 Å². The highest BCUT2D eigenvalue weighted by molar-refractivity contribution is 6.17. The summed E-state index contributed by atoms with van der Waals surface area (Å²) in [5, 5.41) is 9.49. The zero-order valence-corrected chi connectivity index (χ0v) is 27.8. The molecule has 3 nitrogen and oxygen atoms in total. The fourth-order valence-corrected chi connectivity index (χ4v) is 8.81. The molecule has 8 aromatic carbocycles. The summed E-state index contributed by atoms with van der Waals surface area (Å²) in [5.41, 5.74) is 11.1. The van der Waals surface area contributed by atoms with Gasteiger partial charge in [-0.3, -0.25) is 4.57 Å². The monoisotopic (exact) mass is 637 g/mol. The molecule has 0 bridgehead atoms. The average Bonchev–Trinajstić information content (AvgIpc) is 3.60. The van der Waals surface area contributed by atoms with Gasteiger partial charge in [-0.2, -0.15) is 0 Å². The molecule has 2 heterocycles. The summed E-state index contributed by atoms with van der Waals surface area (Å²) in [5.74, 6) is 0.847. The van der Waals surface area contributed by atoms with Crippen LogP contribution < -0.4 is 0 Å². The predicted molar refractivity (Wildman–Crippen MR) is 209 cm³/mol. The van der Waals surface area contributed by atoms with Crippen LogP contribution in [-0.2, 0) is 5.41 Å². The van der Waals surface area contributed by atoms with E-state index in [1.54, 1.807) is 0 Å². The Labute approximate surface area is 289 Å². The van der Waals surface area contributed by atoms with E-state index in [4.69, 9.17) is 9.97 Å². The van der Waals surface area contributed by atoms with Crippen LogP contribution in [0, 0.1) is 0 Å². The Hall–Kier alpha value is -6.32. The van der Waals surface area contributed by atoms with Crippen LogP contribution in [0.25, 0.3) is 93.4 Å². The van der Waals surface area contributed by atoms with Gasteiger partial charge in [-0.25, -0.2) is 9.97 Å². The average molecular weight is 638 g/mol. The van der Waals surface area contributed by atoms with Crippen LogP contribution in [0.2, 0.25) is 0 Å². The first kappa shape index (κ1) is 27.6. The minimum absolute atomic E-state index is 0.225. The summed E-state index contributed by atoms with van der Waals surface area (Å²) in [7, 11) is 0. The van der Waals surface area contributed by atoms with E-state index >= 15 is 0 Å². The summed E-state index contributed by atoms with van der Waals surface area (Å²) in [6.45, 7) is 4.75. The third-order valence-corrected chi connectivity index (χ3v) is 11.1. The highest BCUT2D eigenvalue weighted by Crippen LogP contribution is 2.53. The fourth-order valence-electron chi connectivity index (χ4n) is 8.81. The molecule has 0 saturated carbocycles. The second kappa shape index (κ2) is 9.87. The maximum Gasteiger partial charge on any atom is 0.165 e. The van der Waals surface area contributed by atoms with E-state index in [0.717, 1.165) is 49.8 Å². The van der Waals surface area contributed by atoms with Crippen molar-refractivity contribution in [3.05, 3.63) is 163 Å².